The van der Waals surface area contributed by atoms with Crippen LogP contribution >= 0.6 is 0 Å². The van der Waals surface area contributed by atoms with Crippen LogP contribution in [-0.2, 0) is 13.5 Å². The van der Waals surface area contributed by atoms with E-state index in [4.69, 9.17) is 4.99 Å². The van der Waals surface area contributed by atoms with Crippen molar-refractivity contribution in [2.75, 3.05) is 26.2 Å². The molecule has 2 heterocycles. The van der Waals surface area contributed by atoms with Crippen LogP contribution in [0, 0.1) is 23.7 Å². The van der Waals surface area contributed by atoms with Gasteiger partial charge in [-0.3, -0.25) is 9.67 Å². The number of nitrogens with one attached hydrogen (secondary N) is 1. The average molecular weight is 344 g/mol. The zero-order valence-electron chi connectivity index (χ0n) is 15.8. The van der Waals surface area contributed by atoms with Gasteiger partial charge in [-0.25, -0.2) is 0 Å². The van der Waals surface area contributed by atoms with Crippen molar-refractivity contribution in [2.45, 2.75) is 45.4 Å². The normalized spacial score (nSPS) is 24.4. The lowest BCUT2D eigenvalue weighted by atomic mass is 9.98. The average Bonchev–Trinajstić information content (AvgIpc) is 3.52. The van der Waals surface area contributed by atoms with Gasteiger partial charge >= 0.3 is 0 Å². The predicted molar refractivity (Wildman–Crippen MR) is 102 cm³/mol. The Kier molecular flexibility index (Phi) is 5.00. The maximum atomic E-state index is 5.08. The third-order valence-corrected chi connectivity index (χ3v) is 6.11. The first kappa shape index (κ1) is 16.9. The largest absolute Gasteiger partial charge is 0.357 e. The molecule has 1 N–H and O–H groups in total. The predicted octanol–water partition coefficient (Wildman–Crippen LogP) is 2.69. The third-order valence-electron chi connectivity index (χ3n) is 6.11. The second kappa shape index (κ2) is 7.38. The van der Waals surface area contributed by atoms with Gasteiger partial charge in [0.1, 0.15) is 0 Å². The molecule has 5 nitrogen and oxygen atoms in total. The molecule has 0 bridgehead atoms. The van der Waals surface area contributed by atoms with Gasteiger partial charge in [-0.2, -0.15) is 5.10 Å². The van der Waals surface area contributed by atoms with Crippen LogP contribution in [0.25, 0.3) is 0 Å². The van der Waals surface area contributed by atoms with Crippen molar-refractivity contribution in [1.82, 2.24) is 20.0 Å². The molecule has 0 spiro atoms. The van der Waals surface area contributed by atoms with Crippen LogP contribution in [0.2, 0.25) is 0 Å². The fourth-order valence-corrected chi connectivity index (χ4v) is 4.45. The van der Waals surface area contributed by atoms with E-state index in [2.05, 4.69) is 28.4 Å². The van der Waals surface area contributed by atoms with Crippen molar-refractivity contribution in [3.63, 3.8) is 0 Å². The fourth-order valence-electron chi connectivity index (χ4n) is 4.45. The highest BCUT2D eigenvalue weighted by atomic mass is 15.3. The second-order valence-electron chi connectivity index (χ2n) is 8.36. The SMILES string of the molecule is CCNC(=NCC(C1CC1)C1CC1)N1CCC(Cc2cnn(C)c2)C1. The summed E-state index contributed by atoms with van der Waals surface area (Å²) >= 11 is 0. The molecule has 138 valence electrons. The van der Waals surface area contributed by atoms with Gasteiger partial charge in [-0.05, 0) is 74.7 Å². The van der Waals surface area contributed by atoms with Gasteiger partial charge in [-0.1, -0.05) is 0 Å². The molecule has 0 amide bonds. The van der Waals surface area contributed by atoms with Gasteiger partial charge in [0.05, 0.1) is 6.20 Å². The lowest BCUT2D eigenvalue weighted by molar-refractivity contribution is 0.408. The Bertz CT molecular complexity index is 587. The van der Waals surface area contributed by atoms with Crippen LogP contribution < -0.4 is 5.32 Å². The summed E-state index contributed by atoms with van der Waals surface area (Å²) in [5.41, 5.74) is 1.36. The van der Waals surface area contributed by atoms with Crippen molar-refractivity contribution in [1.29, 1.82) is 0 Å². The van der Waals surface area contributed by atoms with E-state index in [-0.39, 0.29) is 0 Å². The van der Waals surface area contributed by atoms with Gasteiger partial charge in [0, 0.05) is 39.4 Å². The van der Waals surface area contributed by atoms with Crippen molar-refractivity contribution < 1.29 is 0 Å². The Hall–Kier alpha value is -1.52. The minimum absolute atomic E-state index is 0.718. The third kappa shape index (κ3) is 4.36. The summed E-state index contributed by atoms with van der Waals surface area (Å²) in [6.45, 7) is 6.44. The number of aromatic nitrogens is 2. The van der Waals surface area contributed by atoms with E-state index in [0.717, 1.165) is 62.2 Å². The molecule has 1 aromatic heterocycles. The van der Waals surface area contributed by atoms with Gasteiger partial charge < -0.3 is 10.2 Å². The number of nitrogens with zero attached hydrogens (tertiary/aromatic N) is 4. The van der Waals surface area contributed by atoms with Gasteiger partial charge in [0.2, 0.25) is 0 Å². The number of hydrogen-bond acceptors (Lipinski definition) is 2. The molecule has 2 saturated carbocycles. The monoisotopic (exact) mass is 343 g/mol. The van der Waals surface area contributed by atoms with Crippen LogP contribution in [0.15, 0.2) is 17.4 Å². The molecule has 25 heavy (non-hydrogen) atoms. The molecule has 1 aliphatic heterocycles. The maximum Gasteiger partial charge on any atom is 0.193 e. The summed E-state index contributed by atoms with van der Waals surface area (Å²) in [4.78, 5) is 7.57. The molecule has 1 saturated heterocycles. The first-order chi connectivity index (χ1) is 12.2. The smallest absolute Gasteiger partial charge is 0.193 e. The summed E-state index contributed by atoms with van der Waals surface area (Å²) in [6.07, 6.45) is 12.3. The summed E-state index contributed by atoms with van der Waals surface area (Å²) in [6, 6.07) is 0. The molecule has 5 heteroatoms. The zero-order chi connectivity index (χ0) is 17.2. The first-order valence-corrected chi connectivity index (χ1v) is 10.2. The lowest BCUT2D eigenvalue weighted by Crippen LogP contribution is -2.40. The summed E-state index contributed by atoms with van der Waals surface area (Å²) in [5, 5.41) is 7.85. The molecule has 1 aromatic rings. The second-order valence-corrected chi connectivity index (χ2v) is 8.36. The standard InChI is InChI=1S/C20H33N5/c1-3-21-20(22-12-19(17-4-5-17)18-6-7-18)25-9-8-15(14-25)10-16-11-23-24(2)13-16/h11,13,15,17-19H,3-10,12,14H2,1-2H3,(H,21,22). The first-order valence-electron chi connectivity index (χ1n) is 10.2. The number of rotatable bonds is 7. The topological polar surface area (TPSA) is 45.5 Å². The van der Waals surface area contributed by atoms with Crippen LogP contribution in [0.4, 0.5) is 0 Å². The van der Waals surface area contributed by atoms with E-state index in [1.165, 1.54) is 37.7 Å². The molecular formula is C20H33N5. The van der Waals surface area contributed by atoms with Crippen molar-refractivity contribution >= 4 is 5.96 Å². The molecule has 3 aliphatic rings. The highest BCUT2D eigenvalue weighted by Gasteiger charge is 2.41. The highest BCUT2D eigenvalue weighted by Crippen LogP contribution is 2.49. The van der Waals surface area contributed by atoms with E-state index in [9.17, 15) is 0 Å². The fraction of sp³-hybridized carbons (Fsp3) is 0.800. The summed E-state index contributed by atoms with van der Waals surface area (Å²) in [7, 11) is 2.00. The van der Waals surface area contributed by atoms with E-state index in [0.29, 0.717) is 0 Å². The van der Waals surface area contributed by atoms with E-state index in [1.807, 2.05) is 17.9 Å². The molecule has 0 radical (unpaired) electrons. The number of aliphatic imine (C=N–C) groups is 1. The maximum absolute atomic E-state index is 5.08. The van der Waals surface area contributed by atoms with Crippen molar-refractivity contribution in [3.8, 4) is 0 Å². The molecule has 4 rings (SSSR count). The zero-order valence-corrected chi connectivity index (χ0v) is 15.8. The lowest BCUT2D eigenvalue weighted by Gasteiger charge is -2.23. The minimum Gasteiger partial charge on any atom is -0.357 e. The molecule has 2 aliphatic carbocycles. The van der Waals surface area contributed by atoms with Crippen molar-refractivity contribution in [2.24, 2.45) is 35.7 Å². The summed E-state index contributed by atoms with van der Waals surface area (Å²) in [5.74, 6) is 4.70. The quantitative estimate of drug-likeness (QED) is 0.611. The molecule has 3 fully saturated rings. The Morgan fingerprint density at radius 1 is 1.28 bits per heavy atom. The molecular weight excluding hydrogens is 310 g/mol. The van der Waals surface area contributed by atoms with Crippen LogP contribution in [0.3, 0.4) is 0 Å². The minimum atomic E-state index is 0.718. The summed E-state index contributed by atoms with van der Waals surface area (Å²) < 4.78 is 1.91. The van der Waals surface area contributed by atoms with Crippen molar-refractivity contribution in [3.05, 3.63) is 18.0 Å². The number of hydrogen-bond donors (Lipinski definition) is 1. The van der Waals surface area contributed by atoms with Crippen LogP contribution in [0.5, 0.6) is 0 Å². The van der Waals surface area contributed by atoms with E-state index < -0.39 is 0 Å². The van der Waals surface area contributed by atoms with E-state index >= 15 is 0 Å². The molecule has 1 atom stereocenters. The van der Waals surface area contributed by atoms with Crippen LogP contribution in [-0.4, -0.2) is 46.8 Å². The van der Waals surface area contributed by atoms with Gasteiger partial charge in [0.25, 0.3) is 0 Å². The van der Waals surface area contributed by atoms with Crippen LogP contribution in [0.1, 0.15) is 44.6 Å². The van der Waals surface area contributed by atoms with Gasteiger partial charge in [0.15, 0.2) is 5.96 Å². The Labute approximate surface area is 151 Å². The van der Waals surface area contributed by atoms with E-state index in [1.54, 1.807) is 0 Å². The number of guanidine groups is 1. The Morgan fingerprint density at radius 3 is 2.64 bits per heavy atom. The molecule has 0 aromatic carbocycles. The Morgan fingerprint density at radius 2 is 2.04 bits per heavy atom. The number of likely N-dealkylation sites (tertiary alicyclic amines) is 1. The van der Waals surface area contributed by atoms with Gasteiger partial charge in [-0.15, -0.1) is 0 Å². The number of aryl methyl sites for hydroxylation is 1. The highest BCUT2D eigenvalue weighted by molar-refractivity contribution is 5.80. The molecule has 1 unspecified atom stereocenters. The Balaban J connectivity index is 1.34.